The van der Waals surface area contributed by atoms with E-state index in [0.717, 1.165) is 11.1 Å². The van der Waals surface area contributed by atoms with Crippen LogP contribution in [0, 0.1) is 13.8 Å². The SMILES string of the molecule is Cc1cc(C)cc(NC(=O)C(=O)NCc2ccc(S(=O)(=O)N3CCOCC3)cc2)c1. The molecular formula is C21H25N3O5S. The predicted octanol–water partition coefficient (Wildman–Crippen LogP) is 1.58. The summed E-state index contributed by atoms with van der Waals surface area (Å²) in [5.41, 5.74) is 3.21. The van der Waals surface area contributed by atoms with Gasteiger partial charge in [-0.05, 0) is 54.8 Å². The Morgan fingerprint density at radius 3 is 2.17 bits per heavy atom. The monoisotopic (exact) mass is 431 g/mol. The molecule has 1 fully saturated rings. The van der Waals surface area contributed by atoms with Crippen molar-refractivity contribution in [2.45, 2.75) is 25.3 Å². The van der Waals surface area contributed by atoms with E-state index in [9.17, 15) is 18.0 Å². The largest absolute Gasteiger partial charge is 0.379 e. The number of aryl methyl sites for hydroxylation is 2. The zero-order chi connectivity index (χ0) is 21.7. The number of morpholine rings is 1. The fourth-order valence-corrected chi connectivity index (χ4v) is 4.62. The van der Waals surface area contributed by atoms with Gasteiger partial charge in [-0.25, -0.2) is 8.42 Å². The molecule has 9 heteroatoms. The number of nitrogens with zero attached hydrogens (tertiary/aromatic N) is 1. The van der Waals surface area contributed by atoms with E-state index in [2.05, 4.69) is 10.6 Å². The summed E-state index contributed by atoms with van der Waals surface area (Å²) in [6.45, 7) is 5.35. The van der Waals surface area contributed by atoms with Crippen molar-refractivity contribution in [3.05, 3.63) is 59.2 Å². The molecule has 1 saturated heterocycles. The van der Waals surface area contributed by atoms with E-state index in [1.54, 1.807) is 24.3 Å². The van der Waals surface area contributed by atoms with Crippen LogP contribution in [-0.4, -0.2) is 50.8 Å². The first-order chi connectivity index (χ1) is 14.3. The number of rotatable bonds is 5. The molecule has 160 valence electrons. The van der Waals surface area contributed by atoms with Crippen LogP contribution in [0.2, 0.25) is 0 Å². The third kappa shape index (κ3) is 5.44. The molecule has 1 aliphatic rings. The molecule has 0 unspecified atom stereocenters. The Morgan fingerprint density at radius 1 is 0.967 bits per heavy atom. The van der Waals surface area contributed by atoms with Gasteiger partial charge >= 0.3 is 11.8 Å². The van der Waals surface area contributed by atoms with Crippen molar-refractivity contribution in [2.75, 3.05) is 31.6 Å². The molecule has 0 atom stereocenters. The van der Waals surface area contributed by atoms with E-state index in [-0.39, 0.29) is 11.4 Å². The molecule has 3 rings (SSSR count). The van der Waals surface area contributed by atoms with Crippen molar-refractivity contribution in [3.63, 3.8) is 0 Å². The number of carbonyl (C=O) groups is 2. The Bertz CT molecular complexity index is 1010. The van der Waals surface area contributed by atoms with Gasteiger partial charge in [-0.15, -0.1) is 0 Å². The van der Waals surface area contributed by atoms with E-state index in [4.69, 9.17) is 4.74 Å². The number of anilines is 1. The highest BCUT2D eigenvalue weighted by molar-refractivity contribution is 7.89. The molecular weight excluding hydrogens is 406 g/mol. The first-order valence-corrected chi connectivity index (χ1v) is 11.0. The van der Waals surface area contributed by atoms with Gasteiger partial charge in [0, 0.05) is 25.3 Å². The molecule has 0 bridgehead atoms. The van der Waals surface area contributed by atoms with Crippen LogP contribution in [0.15, 0.2) is 47.4 Å². The van der Waals surface area contributed by atoms with Gasteiger partial charge in [-0.1, -0.05) is 18.2 Å². The number of ether oxygens (including phenoxy) is 1. The maximum Gasteiger partial charge on any atom is 0.313 e. The molecule has 2 N–H and O–H groups in total. The summed E-state index contributed by atoms with van der Waals surface area (Å²) in [4.78, 5) is 24.4. The van der Waals surface area contributed by atoms with Crippen LogP contribution in [0.3, 0.4) is 0 Å². The fourth-order valence-electron chi connectivity index (χ4n) is 3.21. The Balaban J connectivity index is 1.56. The standard InChI is InChI=1S/C21H25N3O5S/c1-15-11-16(2)13-18(12-15)23-21(26)20(25)22-14-17-3-5-19(6-4-17)30(27,28)24-7-9-29-10-8-24/h3-6,11-13H,7-10,14H2,1-2H3,(H,22,25)(H,23,26). The van der Waals surface area contributed by atoms with Crippen LogP contribution in [0.1, 0.15) is 16.7 Å². The highest BCUT2D eigenvalue weighted by Gasteiger charge is 2.26. The van der Waals surface area contributed by atoms with Crippen molar-refractivity contribution in [2.24, 2.45) is 0 Å². The highest BCUT2D eigenvalue weighted by Crippen LogP contribution is 2.18. The van der Waals surface area contributed by atoms with Gasteiger partial charge in [0.1, 0.15) is 0 Å². The second-order valence-electron chi connectivity index (χ2n) is 7.17. The predicted molar refractivity (Wildman–Crippen MR) is 112 cm³/mol. The summed E-state index contributed by atoms with van der Waals surface area (Å²) in [7, 11) is -3.56. The molecule has 2 amide bonds. The average molecular weight is 432 g/mol. The summed E-state index contributed by atoms with van der Waals surface area (Å²) < 4.78 is 31.8. The van der Waals surface area contributed by atoms with Gasteiger partial charge in [0.05, 0.1) is 18.1 Å². The van der Waals surface area contributed by atoms with Gasteiger partial charge in [-0.2, -0.15) is 4.31 Å². The lowest BCUT2D eigenvalue weighted by molar-refractivity contribution is -0.136. The number of benzene rings is 2. The smallest absolute Gasteiger partial charge is 0.313 e. The minimum atomic E-state index is -3.56. The van der Waals surface area contributed by atoms with Gasteiger partial charge in [0.15, 0.2) is 0 Å². The lowest BCUT2D eigenvalue weighted by Crippen LogP contribution is -2.40. The van der Waals surface area contributed by atoms with Gasteiger partial charge in [-0.3, -0.25) is 9.59 Å². The number of carbonyl (C=O) groups excluding carboxylic acids is 2. The van der Waals surface area contributed by atoms with Crippen molar-refractivity contribution in [1.29, 1.82) is 0 Å². The normalized spacial score (nSPS) is 14.9. The molecule has 2 aromatic carbocycles. The molecule has 0 aromatic heterocycles. The number of hydrogen-bond donors (Lipinski definition) is 2. The molecule has 8 nitrogen and oxygen atoms in total. The molecule has 0 aliphatic carbocycles. The Labute approximate surface area is 176 Å². The van der Waals surface area contributed by atoms with Crippen LogP contribution in [-0.2, 0) is 30.9 Å². The first-order valence-electron chi connectivity index (χ1n) is 9.60. The Morgan fingerprint density at radius 2 is 1.57 bits per heavy atom. The maximum atomic E-state index is 12.6. The summed E-state index contributed by atoms with van der Waals surface area (Å²) in [6.07, 6.45) is 0. The Hall–Kier alpha value is -2.75. The van der Waals surface area contributed by atoms with E-state index in [1.165, 1.54) is 16.4 Å². The number of amides is 2. The topological polar surface area (TPSA) is 105 Å². The summed E-state index contributed by atoms with van der Waals surface area (Å²) in [5, 5.41) is 5.12. The first kappa shape index (κ1) is 21.9. The minimum Gasteiger partial charge on any atom is -0.379 e. The molecule has 0 radical (unpaired) electrons. The van der Waals surface area contributed by atoms with Gasteiger partial charge < -0.3 is 15.4 Å². The van der Waals surface area contributed by atoms with E-state index in [0.29, 0.717) is 37.6 Å². The van der Waals surface area contributed by atoms with Crippen molar-refractivity contribution in [1.82, 2.24) is 9.62 Å². The average Bonchev–Trinajstić information content (AvgIpc) is 2.72. The minimum absolute atomic E-state index is 0.108. The van der Waals surface area contributed by atoms with Crippen molar-refractivity contribution in [3.8, 4) is 0 Å². The van der Waals surface area contributed by atoms with Crippen LogP contribution in [0.25, 0.3) is 0 Å². The quantitative estimate of drug-likeness (QED) is 0.700. The second-order valence-corrected chi connectivity index (χ2v) is 9.11. The molecule has 1 aliphatic heterocycles. The lowest BCUT2D eigenvalue weighted by atomic mass is 10.1. The summed E-state index contributed by atoms with van der Waals surface area (Å²) in [6, 6.07) is 11.8. The van der Waals surface area contributed by atoms with E-state index >= 15 is 0 Å². The third-order valence-corrected chi connectivity index (χ3v) is 6.58. The van der Waals surface area contributed by atoms with Crippen LogP contribution in [0.4, 0.5) is 5.69 Å². The van der Waals surface area contributed by atoms with Crippen LogP contribution in [0.5, 0.6) is 0 Å². The molecule has 0 spiro atoms. The van der Waals surface area contributed by atoms with Crippen molar-refractivity contribution < 1.29 is 22.7 Å². The van der Waals surface area contributed by atoms with Gasteiger partial charge in [0.25, 0.3) is 0 Å². The maximum absolute atomic E-state index is 12.6. The molecule has 30 heavy (non-hydrogen) atoms. The number of hydrogen-bond acceptors (Lipinski definition) is 5. The second kappa shape index (κ2) is 9.38. The third-order valence-electron chi connectivity index (χ3n) is 4.67. The highest BCUT2D eigenvalue weighted by atomic mass is 32.2. The molecule has 1 heterocycles. The van der Waals surface area contributed by atoms with Crippen LogP contribution >= 0.6 is 0 Å². The number of sulfonamides is 1. The summed E-state index contributed by atoms with van der Waals surface area (Å²) in [5.74, 6) is -1.52. The zero-order valence-electron chi connectivity index (χ0n) is 17.0. The fraction of sp³-hybridized carbons (Fsp3) is 0.333. The molecule has 2 aromatic rings. The number of nitrogens with one attached hydrogen (secondary N) is 2. The molecule has 0 saturated carbocycles. The van der Waals surface area contributed by atoms with Gasteiger partial charge in [0.2, 0.25) is 10.0 Å². The van der Waals surface area contributed by atoms with Crippen molar-refractivity contribution >= 4 is 27.5 Å². The van der Waals surface area contributed by atoms with E-state index in [1.807, 2.05) is 19.9 Å². The van der Waals surface area contributed by atoms with Crippen LogP contribution < -0.4 is 10.6 Å². The lowest BCUT2D eigenvalue weighted by Gasteiger charge is -2.26. The van der Waals surface area contributed by atoms with E-state index < -0.39 is 21.8 Å². The summed E-state index contributed by atoms with van der Waals surface area (Å²) >= 11 is 0. The Kier molecular flexibility index (Phi) is 6.86. The zero-order valence-corrected chi connectivity index (χ0v) is 17.8.